The Morgan fingerprint density at radius 1 is 1.06 bits per heavy atom. The van der Waals surface area contributed by atoms with E-state index in [1.807, 2.05) is 12.1 Å². The van der Waals surface area contributed by atoms with E-state index in [4.69, 9.17) is 17.3 Å². The van der Waals surface area contributed by atoms with Crippen molar-refractivity contribution in [2.75, 3.05) is 26.2 Å². The predicted molar refractivity (Wildman–Crippen MR) is 119 cm³/mol. The van der Waals surface area contributed by atoms with E-state index in [2.05, 4.69) is 14.5 Å². The summed E-state index contributed by atoms with van der Waals surface area (Å²) < 4.78 is 58.2. The molecule has 0 spiro atoms. The van der Waals surface area contributed by atoms with Crippen LogP contribution >= 0.6 is 12.2 Å². The maximum atomic E-state index is 13.5. The zero-order valence-electron chi connectivity index (χ0n) is 17.6. The molecule has 12 heteroatoms. The first kappa shape index (κ1) is 22.3. The predicted octanol–water partition coefficient (Wildman–Crippen LogP) is 3.05. The lowest BCUT2D eigenvalue weighted by Gasteiger charge is -2.33. The molecular formula is C21H22F2N6O2S2. The van der Waals surface area contributed by atoms with Gasteiger partial charge in [0.25, 0.3) is 0 Å². The SMILES string of the molecule is O=S(=O)(c1ccc(F)c(F)c1)N1CCN(Cn2nc(-c3cccnc3)n(C3CC3)c2=S)CC1. The average Bonchev–Trinajstić information content (AvgIpc) is 3.60. The van der Waals surface area contributed by atoms with E-state index >= 15 is 0 Å². The summed E-state index contributed by atoms with van der Waals surface area (Å²) in [6.07, 6.45) is 5.61. The Hall–Kier alpha value is -2.54. The van der Waals surface area contributed by atoms with Crippen LogP contribution in [0.3, 0.4) is 0 Å². The third-order valence-electron chi connectivity index (χ3n) is 5.90. The van der Waals surface area contributed by atoms with Gasteiger partial charge in [0, 0.05) is 50.2 Å². The summed E-state index contributed by atoms with van der Waals surface area (Å²) in [4.78, 5) is 6.01. The standard InChI is InChI=1S/C21H22F2N6O2S2/c22-18-6-5-17(12-19(18)23)33(30,31)27-10-8-26(9-11-27)14-28-21(32)29(16-3-4-16)20(25-28)15-2-1-7-24-13-15/h1-2,5-7,12-13,16H,3-4,8-11,14H2. The zero-order valence-corrected chi connectivity index (χ0v) is 19.3. The average molecular weight is 493 g/mol. The Balaban J connectivity index is 1.31. The smallest absolute Gasteiger partial charge is 0.243 e. The van der Waals surface area contributed by atoms with Crippen LogP contribution in [0.25, 0.3) is 11.4 Å². The van der Waals surface area contributed by atoms with Crippen LogP contribution < -0.4 is 0 Å². The fraction of sp³-hybridized carbons (Fsp3) is 0.381. The highest BCUT2D eigenvalue weighted by atomic mass is 32.2. The maximum Gasteiger partial charge on any atom is 0.243 e. The van der Waals surface area contributed by atoms with E-state index in [-0.39, 0.29) is 18.0 Å². The lowest BCUT2D eigenvalue weighted by atomic mass is 10.3. The normalized spacial score (nSPS) is 18.0. The molecule has 33 heavy (non-hydrogen) atoms. The largest absolute Gasteiger partial charge is 0.297 e. The van der Waals surface area contributed by atoms with E-state index in [0.29, 0.717) is 30.6 Å². The molecule has 0 unspecified atom stereocenters. The van der Waals surface area contributed by atoms with E-state index < -0.39 is 21.7 Å². The summed E-state index contributed by atoms with van der Waals surface area (Å²) in [5.41, 5.74) is 0.900. The zero-order chi connectivity index (χ0) is 23.2. The van der Waals surface area contributed by atoms with Gasteiger partial charge in [-0.25, -0.2) is 21.9 Å². The third kappa shape index (κ3) is 4.35. The molecule has 0 radical (unpaired) electrons. The lowest BCUT2D eigenvalue weighted by molar-refractivity contribution is 0.144. The summed E-state index contributed by atoms with van der Waals surface area (Å²) >= 11 is 5.71. The van der Waals surface area contributed by atoms with E-state index in [0.717, 1.165) is 42.4 Å². The molecule has 0 bridgehead atoms. The molecule has 1 aliphatic carbocycles. The van der Waals surface area contributed by atoms with Gasteiger partial charge in [-0.05, 0) is 55.4 Å². The molecule has 1 aromatic carbocycles. The number of halogens is 2. The van der Waals surface area contributed by atoms with Gasteiger partial charge >= 0.3 is 0 Å². The van der Waals surface area contributed by atoms with Crippen molar-refractivity contribution >= 4 is 22.2 Å². The molecule has 0 N–H and O–H groups in total. The van der Waals surface area contributed by atoms with Crippen LogP contribution in [-0.4, -0.2) is 63.1 Å². The second-order valence-electron chi connectivity index (χ2n) is 8.19. The van der Waals surface area contributed by atoms with Gasteiger partial charge in [-0.3, -0.25) is 14.5 Å². The van der Waals surface area contributed by atoms with Gasteiger partial charge in [-0.2, -0.15) is 9.40 Å². The molecule has 8 nitrogen and oxygen atoms in total. The van der Waals surface area contributed by atoms with Crippen molar-refractivity contribution in [2.45, 2.75) is 30.4 Å². The molecule has 2 aliphatic rings. The summed E-state index contributed by atoms with van der Waals surface area (Å²) in [6, 6.07) is 6.80. The van der Waals surface area contributed by atoms with Crippen LogP contribution in [0.15, 0.2) is 47.6 Å². The number of rotatable bonds is 6. The minimum Gasteiger partial charge on any atom is -0.297 e. The van der Waals surface area contributed by atoms with Crippen molar-refractivity contribution in [1.29, 1.82) is 0 Å². The van der Waals surface area contributed by atoms with Crippen molar-refractivity contribution in [3.63, 3.8) is 0 Å². The summed E-state index contributed by atoms with van der Waals surface area (Å²) in [5.74, 6) is -1.47. The molecule has 2 fully saturated rings. The van der Waals surface area contributed by atoms with Gasteiger partial charge in [0.05, 0.1) is 11.6 Å². The minimum absolute atomic E-state index is 0.230. The Labute approximate surface area is 195 Å². The molecule has 1 saturated heterocycles. The van der Waals surface area contributed by atoms with Gasteiger partial charge in [-0.1, -0.05) is 0 Å². The van der Waals surface area contributed by atoms with E-state index in [1.165, 1.54) is 4.31 Å². The van der Waals surface area contributed by atoms with Crippen molar-refractivity contribution in [3.8, 4) is 11.4 Å². The van der Waals surface area contributed by atoms with Gasteiger partial charge < -0.3 is 0 Å². The number of piperazine rings is 1. The molecule has 0 atom stereocenters. The second kappa shape index (κ2) is 8.67. The first-order chi connectivity index (χ1) is 15.8. The van der Waals surface area contributed by atoms with Crippen molar-refractivity contribution in [3.05, 3.63) is 59.1 Å². The Morgan fingerprint density at radius 2 is 1.82 bits per heavy atom. The molecular weight excluding hydrogens is 470 g/mol. The lowest BCUT2D eigenvalue weighted by Crippen LogP contribution is -2.49. The number of sulfonamides is 1. The number of hydrogen-bond donors (Lipinski definition) is 0. The molecule has 3 aromatic rings. The highest BCUT2D eigenvalue weighted by Crippen LogP contribution is 2.38. The highest BCUT2D eigenvalue weighted by Gasteiger charge is 2.31. The summed E-state index contributed by atoms with van der Waals surface area (Å²) in [5, 5.41) is 4.75. The molecule has 5 rings (SSSR count). The molecule has 1 aliphatic heterocycles. The van der Waals surface area contributed by atoms with Crippen LogP contribution in [0.5, 0.6) is 0 Å². The van der Waals surface area contributed by atoms with Crippen LogP contribution in [0.1, 0.15) is 18.9 Å². The molecule has 2 aromatic heterocycles. The highest BCUT2D eigenvalue weighted by molar-refractivity contribution is 7.89. The Morgan fingerprint density at radius 3 is 2.45 bits per heavy atom. The maximum absolute atomic E-state index is 13.5. The molecule has 3 heterocycles. The first-order valence-electron chi connectivity index (χ1n) is 10.6. The monoisotopic (exact) mass is 492 g/mol. The number of aromatic nitrogens is 4. The third-order valence-corrected chi connectivity index (χ3v) is 8.20. The molecule has 0 amide bonds. The van der Waals surface area contributed by atoms with Crippen LogP contribution in [0.4, 0.5) is 8.78 Å². The van der Waals surface area contributed by atoms with Crippen molar-refractivity contribution in [1.82, 2.24) is 28.5 Å². The summed E-state index contributed by atoms with van der Waals surface area (Å²) in [6.45, 7) is 1.82. The number of pyridine rings is 1. The minimum atomic E-state index is -3.90. The first-order valence-corrected chi connectivity index (χ1v) is 12.5. The van der Waals surface area contributed by atoms with Crippen LogP contribution in [0.2, 0.25) is 0 Å². The van der Waals surface area contributed by atoms with Crippen molar-refractivity contribution < 1.29 is 17.2 Å². The van der Waals surface area contributed by atoms with Crippen LogP contribution in [-0.2, 0) is 16.7 Å². The fourth-order valence-electron chi connectivity index (χ4n) is 3.95. The second-order valence-corrected chi connectivity index (χ2v) is 10.5. The van der Waals surface area contributed by atoms with Gasteiger partial charge in [0.2, 0.25) is 10.0 Å². The number of nitrogens with zero attached hydrogens (tertiary/aromatic N) is 6. The van der Waals surface area contributed by atoms with Gasteiger partial charge in [0.15, 0.2) is 22.2 Å². The number of hydrogen-bond acceptors (Lipinski definition) is 6. The molecule has 174 valence electrons. The topological polar surface area (TPSA) is 76.3 Å². The Bertz CT molecular complexity index is 1330. The fourth-order valence-corrected chi connectivity index (χ4v) is 5.72. The quantitative estimate of drug-likeness (QED) is 0.493. The van der Waals surface area contributed by atoms with Gasteiger partial charge in [-0.15, -0.1) is 0 Å². The van der Waals surface area contributed by atoms with E-state index in [9.17, 15) is 17.2 Å². The molecule has 1 saturated carbocycles. The van der Waals surface area contributed by atoms with Gasteiger partial charge in [0.1, 0.15) is 0 Å². The number of benzene rings is 1. The van der Waals surface area contributed by atoms with E-state index in [1.54, 1.807) is 17.1 Å². The van der Waals surface area contributed by atoms with Crippen molar-refractivity contribution in [2.24, 2.45) is 0 Å². The van der Waals surface area contributed by atoms with Crippen LogP contribution in [0, 0.1) is 16.4 Å². The summed E-state index contributed by atoms with van der Waals surface area (Å²) in [7, 11) is -3.90. The Kier molecular flexibility index (Phi) is 5.85.